The molecule has 7 heteroatoms. The fourth-order valence-electron chi connectivity index (χ4n) is 3.55. The second-order valence-corrected chi connectivity index (χ2v) is 9.35. The van der Waals surface area contributed by atoms with Gasteiger partial charge in [0.05, 0.1) is 11.9 Å². The molecule has 1 N–H and O–H groups in total. The molecule has 3 aromatic rings. The van der Waals surface area contributed by atoms with Crippen LogP contribution in [0.15, 0.2) is 60.9 Å². The first-order valence-electron chi connectivity index (χ1n) is 11.2. The van der Waals surface area contributed by atoms with Gasteiger partial charge in [0.25, 0.3) is 5.91 Å². The molecule has 1 atom stereocenters. The third-order valence-electron chi connectivity index (χ3n) is 5.33. The largest absolute Gasteiger partial charge is 0.489 e. The zero-order chi connectivity index (χ0) is 24.3. The van der Waals surface area contributed by atoms with Gasteiger partial charge in [-0.05, 0) is 50.1 Å². The van der Waals surface area contributed by atoms with Crippen LogP contribution in [-0.4, -0.2) is 41.4 Å². The van der Waals surface area contributed by atoms with E-state index in [1.165, 1.54) is 9.58 Å². The molecule has 34 heavy (non-hydrogen) atoms. The highest BCUT2D eigenvalue weighted by atomic mass is 16.5. The highest BCUT2D eigenvalue weighted by Gasteiger charge is 2.31. The fourth-order valence-corrected chi connectivity index (χ4v) is 3.55. The molecule has 0 fully saturated rings. The zero-order valence-electron chi connectivity index (χ0n) is 19.8. The van der Waals surface area contributed by atoms with Gasteiger partial charge in [-0.1, -0.05) is 42.2 Å². The van der Waals surface area contributed by atoms with Crippen molar-refractivity contribution in [2.45, 2.75) is 33.2 Å². The molecule has 1 aliphatic rings. The summed E-state index contributed by atoms with van der Waals surface area (Å²) in [7, 11) is 1.67. The van der Waals surface area contributed by atoms with Gasteiger partial charge in [-0.2, -0.15) is 9.78 Å². The number of fused-ring (bicyclic) bond motifs is 1. The summed E-state index contributed by atoms with van der Waals surface area (Å²) in [6, 6.07) is 14.1. The summed E-state index contributed by atoms with van der Waals surface area (Å²) < 4.78 is 7.08. The molecule has 0 spiro atoms. The van der Waals surface area contributed by atoms with E-state index >= 15 is 0 Å². The molecule has 1 aromatic heterocycles. The number of nitrogens with zero attached hydrogens (tertiary/aromatic N) is 3. The molecule has 0 saturated heterocycles. The summed E-state index contributed by atoms with van der Waals surface area (Å²) in [6.07, 6.45) is 3.99. The van der Waals surface area contributed by atoms with E-state index in [2.05, 4.69) is 22.3 Å². The van der Waals surface area contributed by atoms with E-state index < -0.39 is 12.1 Å². The minimum Gasteiger partial charge on any atom is -0.489 e. The summed E-state index contributed by atoms with van der Waals surface area (Å²) in [6.45, 7) is 6.15. The summed E-state index contributed by atoms with van der Waals surface area (Å²) in [5.41, 5.74) is 3.31. The van der Waals surface area contributed by atoms with E-state index in [-0.39, 0.29) is 17.9 Å². The maximum Gasteiger partial charge on any atom is 0.342 e. The van der Waals surface area contributed by atoms with Gasteiger partial charge in [0, 0.05) is 30.6 Å². The highest BCUT2D eigenvalue weighted by molar-refractivity contribution is 6.00. The summed E-state index contributed by atoms with van der Waals surface area (Å²) in [4.78, 5) is 27.4. The summed E-state index contributed by atoms with van der Waals surface area (Å²) >= 11 is 0. The molecule has 1 aliphatic heterocycles. The number of amides is 2. The molecular weight excluding hydrogens is 428 g/mol. The van der Waals surface area contributed by atoms with Crippen molar-refractivity contribution in [2.24, 2.45) is 5.41 Å². The zero-order valence-corrected chi connectivity index (χ0v) is 19.8. The Morgan fingerprint density at radius 3 is 2.68 bits per heavy atom. The number of nitrogens with one attached hydrogen (secondary N) is 1. The van der Waals surface area contributed by atoms with Crippen LogP contribution in [0.3, 0.4) is 0 Å². The number of carbonyl (C=O) groups is 2. The summed E-state index contributed by atoms with van der Waals surface area (Å²) in [5, 5.41) is 6.90. The van der Waals surface area contributed by atoms with Crippen LogP contribution < -0.4 is 15.0 Å². The SMILES string of the molecule is CN1C(=O)[C@@H](NC(=O)n2cc(Cc3ccccc3)cn2)COc2ccc(C#CC(C)(C)C)cc21. The molecule has 0 bridgehead atoms. The van der Waals surface area contributed by atoms with Gasteiger partial charge in [0.2, 0.25) is 0 Å². The van der Waals surface area contributed by atoms with Gasteiger partial charge in [0.15, 0.2) is 0 Å². The topological polar surface area (TPSA) is 76.5 Å². The van der Waals surface area contributed by atoms with Gasteiger partial charge in [-0.25, -0.2) is 4.79 Å². The van der Waals surface area contributed by atoms with Crippen molar-refractivity contribution < 1.29 is 14.3 Å². The second kappa shape index (κ2) is 9.44. The Kier molecular flexibility index (Phi) is 6.42. The normalized spacial score (nSPS) is 15.5. The molecule has 0 radical (unpaired) electrons. The number of aromatic nitrogens is 2. The quantitative estimate of drug-likeness (QED) is 0.608. The van der Waals surface area contributed by atoms with Crippen LogP contribution in [0.1, 0.15) is 37.5 Å². The van der Waals surface area contributed by atoms with Gasteiger partial charge >= 0.3 is 6.03 Å². The van der Waals surface area contributed by atoms with Crippen molar-refractivity contribution in [1.29, 1.82) is 0 Å². The Morgan fingerprint density at radius 2 is 1.94 bits per heavy atom. The van der Waals surface area contributed by atoms with Crippen LogP contribution in [0.5, 0.6) is 5.75 Å². The molecule has 2 aromatic carbocycles. The van der Waals surface area contributed by atoms with Gasteiger partial charge < -0.3 is 15.0 Å². The van der Waals surface area contributed by atoms with E-state index in [0.29, 0.717) is 17.9 Å². The maximum absolute atomic E-state index is 13.1. The number of hydrogen-bond acceptors (Lipinski definition) is 4. The van der Waals surface area contributed by atoms with E-state index in [1.807, 2.05) is 63.2 Å². The minimum atomic E-state index is -0.851. The van der Waals surface area contributed by atoms with Crippen molar-refractivity contribution in [1.82, 2.24) is 15.1 Å². The number of benzene rings is 2. The molecule has 2 heterocycles. The maximum atomic E-state index is 13.1. The molecule has 0 saturated carbocycles. The number of likely N-dealkylation sites (N-methyl/N-ethyl adjacent to an activating group) is 1. The lowest BCUT2D eigenvalue weighted by molar-refractivity contribution is -0.120. The Balaban J connectivity index is 1.46. The first-order chi connectivity index (χ1) is 16.2. The van der Waals surface area contributed by atoms with Crippen LogP contribution in [-0.2, 0) is 11.2 Å². The third kappa shape index (κ3) is 5.46. The lowest BCUT2D eigenvalue weighted by Crippen LogP contribution is -2.50. The van der Waals surface area contributed by atoms with Gasteiger partial charge in [-0.15, -0.1) is 0 Å². The van der Waals surface area contributed by atoms with Crippen molar-refractivity contribution >= 4 is 17.6 Å². The molecular formula is C27H28N4O3. The third-order valence-corrected chi connectivity index (χ3v) is 5.33. The van der Waals surface area contributed by atoms with Crippen molar-refractivity contribution in [3.8, 4) is 17.6 Å². The molecule has 4 rings (SSSR count). The Morgan fingerprint density at radius 1 is 1.18 bits per heavy atom. The van der Waals surface area contributed by atoms with Crippen molar-refractivity contribution in [3.63, 3.8) is 0 Å². The van der Waals surface area contributed by atoms with Crippen LogP contribution in [0.2, 0.25) is 0 Å². The smallest absolute Gasteiger partial charge is 0.342 e. The summed E-state index contributed by atoms with van der Waals surface area (Å²) in [5.74, 6) is 6.64. The van der Waals surface area contributed by atoms with Crippen LogP contribution >= 0.6 is 0 Å². The first-order valence-corrected chi connectivity index (χ1v) is 11.2. The average molecular weight is 457 g/mol. The number of rotatable bonds is 3. The van der Waals surface area contributed by atoms with Crippen molar-refractivity contribution in [2.75, 3.05) is 18.6 Å². The average Bonchev–Trinajstić information content (AvgIpc) is 3.24. The number of hydrogen-bond donors (Lipinski definition) is 1. The number of ether oxygens (including phenoxy) is 1. The monoisotopic (exact) mass is 456 g/mol. The lowest BCUT2D eigenvalue weighted by Gasteiger charge is -2.20. The Hall–Kier alpha value is -4.05. The van der Waals surface area contributed by atoms with Crippen molar-refractivity contribution in [3.05, 3.63) is 77.6 Å². The van der Waals surface area contributed by atoms with Crippen LogP contribution in [0, 0.1) is 17.3 Å². The molecule has 7 nitrogen and oxygen atoms in total. The van der Waals surface area contributed by atoms with E-state index in [9.17, 15) is 9.59 Å². The van der Waals surface area contributed by atoms with E-state index in [0.717, 1.165) is 16.7 Å². The predicted octanol–water partition coefficient (Wildman–Crippen LogP) is 3.85. The molecule has 2 amide bonds. The van der Waals surface area contributed by atoms with Gasteiger partial charge in [-0.3, -0.25) is 4.79 Å². The van der Waals surface area contributed by atoms with Crippen LogP contribution in [0.25, 0.3) is 0 Å². The lowest BCUT2D eigenvalue weighted by atomic mass is 9.97. The second-order valence-electron chi connectivity index (χ2n) is 9.35. The Labute approximate surface area is 199 Å². The number of anilines is 1. The molecule has 0 unspecified atom stereocenters. The highest BCUT2D eigenvalue weighted by Crippen LogP contribution is 2.31. The van der Waals surface area contributed by atoms with Crippen LogP contribution in [0.4, 0.5) is 10.5 Å². The minimum absolute atomic E-state index is 0.0209. The fraction of sp³-hybridized carbons (Fsp3) is 0.296. The molecule has 174 valence electrons. The Bertz CT molecular complexity index is 1260. The standard InChI is InChI=1S/C27H28N4O3/c1-27(2,3)13-12-20-10-11-24-23(15-20)30(4)25(32)22(18-34-24)29-26(33)31-17-21(16-28-31)14-19-8-6-5-7-9-19/h5-11,15-17,22H,14,18H2,1-4H3,(H,29,33)/t22-/m0/s1. The predicted molar refractivity (Wildman–Crippen MR) is 131 cm³/mol. The molecule has 0 aliphatic carbocycles. The number of carbonyl (C=O) groups excluding carboxylic acids is 2. The van der Waals surface area contributed by atoms with E-state index in [4.69, 9.17) is 4.74 Å². The van der Waals surface area contributed by atoms with E-state index in [1.54, 1.807) is 25.5 Å². The van der Waals surface area contributed by atoms with Gasteiger partial charge in [0.1, 0.15) is 18.4 Å². The first kappa shape index (κ1) is 23.1.